The minimum Gasteiger partial charge on any atom is -0.459 e. The van der Waals surface area contributed by atoms with Crippen molar-refractivity contribution in [1.29, 1.82) is 0 Å². The number of amides is 4. The number of hydrogen-bond donors (Lipinski definition) is 2. The van der Waals surface area contributed by atoms with Crippen LogP contribution in [-0.2, 0) is 14.4 Å². The Morgan fingerprint density at radius 3 is 2.40 bits per heavy atom. The quantitative estimate of drug-likeness (QED) is 0.496. The maximum atomic E-state index is 14.6. The molecule has 0 bridgehead atoms. The molecule has 2 N–H and O–H groups in total. The summed E-state index contributed by atoms with van der Waals surface area (Å²) in [5.41, 5.74) is 1.05. The van der Waals surface area contributed by atoms with Crippen molar-refractivity contribution in [2.75, 3.05) is 31.1 Å². The standard InChI is InChI=1S/C32H43N5O5/c1-20(2)16-25-30(39)35(18-22-11-13-33-14-12-22)19-28-36(31(40)26-10-7-15-42-26)24-9-6-5-8-23(24)29(32(41)37(25)28)34-27(38)17-21(3)4/h5-10,15,20-22,25,28-29,33H,11-14,16-19H2,1-4H3,(H,34,38)/t25-,28?,29?/m0/s1. The van der Waals surface area contributed by atoms with Gasteiger partial charge in [-0.15, -0.1) is 0 Å². The normalized spacial score (nSPS) is 23.2. The summed E-state index contributed by atoms with van der Waals surface area (Å²) in [6.45, 7) is 10.5. The summed E-state index contributed by atoms with van der Waals surface area (Å²) in [7, 11) is 0. The monoisotopic (exact) mass is 577 g/mol. The van der Waals surface area contributed by atoms with Crippen LogP contribution in [0.1, 0.15) is 75.5 Å². The van der Waals surface area contributed by atoms with Gasteiger partial charge in [-0.25, -0.2) is 0 Å². The third-order valence-electron chi connectivity index (χ3n) is 8.43. The fourth-order valence-electron chi connectivity index (χ4n) is 6.51. The smallest absolute Gasteiger partial charge is 0.295 e. The third-order valence-corrected chi connectivity index (χ3v) is 8.43. The fraction of sp³-hybridized carbons (Fsp3) is 0.562. The van der Waals surface area contributed by atoms with E-state index in [1.165, 1.54) is 6.26 Å². The van der Waals surface area contributed by atoms with E-state index in [4.69, 9.17) is 4.42 Å². The molecule has 3 atom stereocenters. The number of carbonyl (C=O) groups excluding carboxylic acids is 4. The Balaban J connectivity index is 1.63. The minimum absolute atomic E-state index is 0.0969. The average molecular weight is 578 g/mol. The Labute approximate surface area is 247 Å². The van der Waals surface area contributed by atoms with Crippen molar-refractivity contribution in [2.45, 2.75) is 71.6 Å². The Morgan fingerprint density at radius 1 is 1.00 bits per heavy atom. The van der Waals surface area contributed by atoms with Crippen LogP contribution in [0.2, 0.25) is 0 Å². The second kappa shape index (κ2) is 12.7. The van der Waals surface area contributed by atoms with Gasteiger partial charge in [-0.3, -0.25) is 24.1 Å². The van der Waals surface area contributed by atoms with Crippen LogP contribution in [-0.4, -0.2) is 71.8 Å². The number of hydrogen-bond acceptors (Lipinski definition) is 6. The van der Waals surface area contributed by atoms with E-state index in [0.717, 1.165) is 25.9 Å². The number of para-hydroxylation sites is 1. The molecule has 1 aromatic carbocycles. The van der Waals surface area contributed by atoms with Gasteiger partial charge in [0.05, 0.1) is 18.5 Å². The largest absolute Gasteiger partial charge is 0.459 e. The first-order valence-corrected chi connectivity index (χ1v) is 15.2. The number of piperidine rings is 1. The predicted octanol–water partition coefficient (Wildman–Crippen LogP) is 3.55. The Kier molecular flexibility index (Phi) is 9.01. The number of fused-ring (bicyclic) bond motifs is 2. The van der Waals surface area contributed by atoms with Crippen LogP contribution in [0.5, 0.6) is 0 Å². The summed E-state index contributed by atoms with van der Waals surface area (Å²) in [4.78, 5) is 61.2. The van der Waals surface area contributed by atoms with E-state index in [1.807, 2.05) is 38.7 Å². The molecule has 0 radical (unpaired) electrons. The molecule has 4 heterocycles. The molecule has 226 valence electrons. The zero-order valence-corrected chi connectivity index (χ0v) is 25.0. The number of nitrogens with one attached hydrogen (secondary N) is 2. The average Bonchev–Trinajstić information content (AvgIpc) is 3.47. The van der Waals surface area contributed by atoms with E-state index in [9.17, 15) is 19.2 Å². The predicted molar refractivity (Wildman–Crippen MR) is 158 cm³/mol. The van der Waals surface area contributed by atoms with Crippen LogP contribution in [0, 0.1) is 17.8 Å². The van der Waals surface area contributed by atoms with Crippen LogP contribution in [0.15, 0.2) is 47.1 Å². The fourth-order valence-corrected chi connectivity index (χ4v) is 6.51. The van der Waals surface area contributed by atoms with Crippen LogP contribution in [0.3, 0.4) is 0 Å². The summed E-state index contributed by atoms with van der Waals surface area (Å²) in [5.74, 6) is -0.440. The zero-order chi connectivity index (χ0) is 30.0. The van der Waals surface area contributed by atoms with Gasteiger partial charge < -0.3 is 24.9 Å². The summed E-state index contributed by atoms with van der Waals surface area (Å²) in [5, 5.41) is 6.35. The van der Waals surface area contributed by atoms with E-state index in [-0.39, 0.29) is 48.3 Å². The van der Waals surface area contributed by atoms with Gasteiger partial charge in [0.1, 0.15) is 18.2 Å². The molecule has 0 saturated carbocycles. The van der Waals surface area contributed by atoms with Crippen LogP contribution in [0.4, 0.5) is 5.69 Å². The molecule has 10 nitrogen and oxygen atoms in total. The molecule has 0 spiro atoms. The van der Waals surface area contributed by atoms with Crippen molar-refractivity contribution in [3.63, 3.8) is 0 Å². The van der Waals surface area contributed by atoms with Gasteiger partial charge in [-0.05, 0) is 68.3 Å². The molecule has 0 aliphatic carbocycles. The Morgan fingerprint density at radius 2 is 1.74 bits per heavy atom. The summed E-state index contributed by atoms with van der Waals surface area (Å²) >= 11 is 0. The van der Waals surface area contributed by atoms with Gasteiger partial charge in [-0.2, -0.15) is 0 Å². The first-order valence-electron chi connectivity index (χ1n) is 15.2. The highest BCUT2D eigenvalue weighted by Gasteiger charge is 2.52. The van der Waals surface area contributed by atoms with Crippen molar-refractivity contribution in [2.24, 2.45) is 17.8 Å². The molecular formula is C32H43N5O5. The van der Waals surface area contributed by atoms with Crippen molar-refractivity contribution in [1.82, 2.24) is 20.4 Å². The number of piperazine rings is 1. The van der Waals surface area contributed by atoms with Crippen molar-refractivity contribution >= 4 is 29.3 Å². The van der Waals surface area contributed by atoms with Crippen LogP contribution < -0.4 is 15.5 Å². The molecular weight excluding hydrogens is 534 g/mol. The number of nitrogens with zero attached hydrogens (tertiary/aromatic N) is 3. The summed E-state index contributed by atoms with van der Waals surface area (Å²) < 4.78 is 5.56. The minimum atomic E-state index is -1.04. The summed E-state index contributed by atoms with van der Waals surface area (Å²) in [6, 6.07) is 8.65. The maximum absolute atomic E-state index is 14.6. The van der Waals surface area contributed by atoms with Gasteiger partial charge >= 0.3 is 0 Å². The Hall–Kier alpha value is -3.66. The van der Waals surface area contributed by atoms with Crippen molar-refractivity contribution in [3.8, 4) is 0 Å². The molecule has 5 rings (SSSR count). The molecule has 3 aliphatic rings. The molecule has 3 aliphatic heterocycles. The topological polar surface area (TPSA) is 115 Å². The lowest BCUT2D eigenvalue weighted by Gasteiger charge is -2.50. The molecule has 2 unspecified atom stereocenters. The highest BCUT2D eigenvalue weighted by Crippen LogP contribution is 2.39. The molecule has 4 amide bonds. The van der Waals surface area contributed by atoms with E-state index in [2.05, 4.69) is 10.6 Å². The molecule has 2 aromatic rings. The number of carbonyl (C=O) groups is 4. The van der Waals surface area contributed by atoms with Gasteiger partial charge in [0.15, 0.2) is 5.76 Å². The van der Waals surface area contributed by atoms with E-state index in [0.29, 0.717) is 30.1 Å². The van der Waals surface area contributed by atoms with Crippen molar-refractivity contribution in [3.05, 3.63) is 54.0 Å². The first-order chi connectivity index (χ1) is 20.2. The highest BCUT2D eigenvalue weighted by atomic mass is 16.3. The zero-order valence-electron chi connectivity index (χ0n) is 25.0. The second-order valence-corrected chi connectivity index (χ2v) is 12.6. The SMILES string of the molecule is CC(C)CC(=O)NC1C(=O)N2C(CN(CC3CCNCC3)C(=O)[C@@H]2CC(C)C)N(C(=O)c2ccco2)c2ccccc21. The van der Waals surface area contributed by atoms with E-state index in [1.54, 1.807) is 40.1 Å². The second-order valence-electron chi connectivity index (χ2n) is 12.6. The number of furan rings is 1. The maximum Gasteiger partial charge on any atom is 0.295 e. The Bertz CT molecular complexity index is 1290. The number of rotatable bonds is 8. The van der Waals surface area contributed by atoms with E-state index < -0.39 is 24.2 Å². The van der Waals surface area contributed by atoms with E-state index >= 15 is 0 Å². The van der Waals surface area contributed by atoms with Gasteiger partial charge in [0, 0.05) is 18.5 Å². The molecule has 10 heteroatoms. The number of anilines is 1. The van der Waals surface area contributed by atoms with Gasteiger partial charge in [0.25, 0.3) is 11.8 Å². The molecule has 1 aromatic heterocycles. The highest BCUT2D eigenvalue weighted by molar-refractivity contribution is 6.08. The summed E-state index contributed by atoms with van der Waals surface area (Å²) in [6.07, 6.45) is 3.30. The molecule has 2 saturated heterocycles. The number of benzene rings is 1. The molecule has 42 heavy (non-hydrogen) atoms. The van der Waals surface area contributed by atoms with Gasteiger partial charge in [0.2, 0.25) is 11.8 Å². The van der Waals surface area contributed by atoms with Crippen LogP contribution >= 0.6 is 0 Å². The lowest BCUT2D eigenvalue weighted by atomic mass is 9.93. The van der Waals surface area contributed by atoms with Crippen molar-refractivity contribution < 1.29 is 23.6 Å². The lowest BCUT2D eigenvalue weighted by Crippen LogP contribution is -2.69. The van der Waals surface area contributed by atoms with Gasteiger partial charge in [-0.1, -0.05) is 45.9 Å². The lowest BCUT2D eigenvalue weighted by molar-refractivity contribution is -0.158. The molecule has 2 fully saturated rings. The third kappa shape index (κ3) is 6.09. The first kappa shape index (κ1) is 29.8. The van der Waals surface area contributed by atoms with Crippen LogP contribution in [0.25, 0.3) is 0 Å².